The van der Waals surface area contributed by atoms with Crippen LogP contribution in [0.15, 0.2) is 36.3 Å². The van der Waals surface area contributed by atoms with Crippen molar-refractivity contribution in [3.8, 4) is 0 Å². The van der Waals surface area contributed by atoms with Crippen molar-refractivity contribution in [1.82, 2.24) is 9.97 Å². The summed E-state index contributed by atoms with van der Waals surface area (Å²) in [5.74, 6) is -1.34. The molecule has 2 aromatic rings. The van der Waals surface area contributed by atoms with Crippen LogP contribution in [0.1, 0.15) is 0 Å². The Kier molecular flexibility index (Phi) is 3.99. The number of carbonyl (C=O) groups is 2. The van der Waals surface area contributed by atoms with Gasteiger partial charge in [0.2, 0.25) is 0 Å². The monoisotopic (exact) mass is 275 g/mol. The van der Waals surface area contributed by atoms with Crippen LogP contribution in [0, 0.1) is 0 Å². The van der Waals surface area contributed by atoms with Gasteiger partial charge in [0.1, 0.15) is 11.2 Å². The van der Waals surface area contributed by atoms with Gasteiger partial charge in [-0.1, -0.05) is 6.07 Å². The average Bonchev–Trinajstić information content (AvgIpc) is 2.94. The van der Waals surface area contributed by atoms with Gasteiger partial charge in [0.05, 0.1) is 37.8 Å². The number of methoxy groups -OCH3 is 2. The molecule has 2 rings (SSSR count). The summed E-state index contributed by atoms with van der Waals surface area (Å²) in [7, 11) is 2.45. The Morgan fingerprint density at radius 3 is 2.80 bits per heavy atom. The van der Waals surface area contributed by atoms with Gasteiger partial charge in [-0.15, -0.1) is 0 Å². The van der Waals surface area contributed by atoms with Crippen LogP contribution in [-0.4, -0.2) is 36.1 Å². The molecule has 0 bridgehead atoms. The molecule has 0 aliphatic rings. The van der Waals surface area contributed by atoms with Crippen molar-refractivity contribution in [2.24, 2.45) is 0 Å². The van der Waals surface area contributed by atoms with Crippen LogP contribution in [-0.2, 0) is 19.1 Å². The van der Waals surface area contributed by atoms with Crippen LogP contribution in [0.4, 0.5) is 5.69 Å². The van der Waals surface area contributed by atoms with Crippen molar-refractivity contribution in [3.05, 3.63) is 36.3 Å². The highest BCUT2D eigenvalue weighted by Gasteiger charge is 2.14. The van der Waals surface area contributed by atoms with Crippen LogP contribution in [0.3, 0.4) is 0 Å². The maximum atomic E-state index is 11.7. The normalized spacial score (nSPS) is 11.2. The number of carbonyl (C=O) groups excluding carboxylic acids is 2. The molecule has 0 unspecified atom stereocenters. The van der Waals surface area contributed by atoms with E-state index < -0.39 is 11.9 Å². The van der Waals surface area contributed by atoms with E-state index in [2.05, 4.69) is 24.8 Å². The third kappa shape index (κ3) is 2.77. The van der Waals surface area contributed by atoms with Gasteiger partial charge in [0.15, 0.2) is 0 Å². The number of imidazole rings is 1. The standard InChI is InChI=1S/C13H13N3O4/c1-19-11(17)6-10(13(18)20-2)16-9-5-3-4-8-12(9)15-7-14-8/h3-7,16H,1-2H3,(H,14,15)/b10-6+. The topological polar surface area (TPSA) is 93.3 Å². The molecule has 7 heteroatoms. The molecule has 0 aliphatic heterocycles. The molecular weight excluding hydrogens is 262 g/mol. The second kappa shape index (κ2) is 5.87. The number of esters is 2. The minimum Gasteiger partial charge on any atom is -0.466 e. The number of aromatic nitrogens is 2. The zero-order valence-electron chi connectivity index (χ0n) is 11.0. The largest absolute Gasteiger partial charge is 0.466 e. The number of hydrogen-bond acceptors (Lipinski definition) is 6. The van der Waals surface area contributed by atoms with E-state index in [1.54, 1.807) is 12.1 Å². The average molecular weight is 275 g/mol. The number of anilines is 1. The maximum absolute atomic E-state index is 11.7. The highest BCUT2D eigenvalue weighted by molar-refractivity contribution is 6.01. The van der Waals surface area contributed by atoms with Crippen LogP contribution in [0.25, 0.3) is 11.0 Å². The van der Waals surface area contributed by atoms with Gasteiger partial charge >= 0.3 is 11.9 Å². The summed E-state index contributed by atoms with van der Waals surface area (Å²) in [4.78, 5) is 30.0. The van der Waals surface area contributed by atoms with Crippen molar-refractivity contribution in [2.75, 3.05) is 19.5 Å². The van der Waals surface area contributed by atoms with Gasteiger partial charge < -0.3 is 19.8 Å². The van der Waals surface area contributed by atoms with Crippen molar-refractivity contribution in [3.63, 3.8) is 0 Å². The van der Waals surface area contributed by atoms with Gasteiger partial charge in [0, 0.05) is 0 Å². The molecule has 0 saturated heterocycles. The zero-order valence-corrected chi connectivity index (χ0v) is 11.0. The summed E-state index contributed by atoms with van der Waals surface area (Å²) < 4.78 is 9.12. The first kappa shape index (κ1) is 13.6. The molecule has 0 atom stereocenters. The number of fused-ring (bicyclic) bond motifs is 1. The first-order chi connectivity index (χ1) is 9.65. The number of rotatable bonds is 4. The Labute approximate surface area is 114 Å². The van der Waals surface area contributed by atoms with Gasteiger partial charge in [-0.3, -0.25) is 0 Å². The lowest BCUT2D eigenvalue weighted by Gasteiger charge is -2.09. The molecule has 0 saturated carbocycles. The molecule has 0 spiro atoms. The lowest BCUT2D eigenvalue weighted by molar-refractivity contribution is -0.138. The number of benzene rings is 1. The highest BCUT2D eigenvalue weighted by Crippen LogP contribution is 2.21. The number of ether oxygens (including phenoxy) is 2. The fourth-order valence-electron chi connectivity index (χ4n) is 1.64. The minimum absolute atomic E-state index is 0.0325. The van der Waals surface area contributed by atoms with E-state index in [0.29, 0.717) is 11.2 Å². The SMILES string of the molecule is COC(=O)/C=C(/Nc1cccc2[nH]cnc12)C(=O)OC. The molecule has 104 valence electrons. The quantitative estimate of drug-likeness (QED) is 0.643. The molecule has 0 radical (unpaired) electrons. The van der Waals surface area contributed by atoms with E-state index in [-0.39, 0.29) is 5.70 Å². The smallest absolute Gasteiger partial charge is 0.354 e. The fraction of sp³-hybridized carbons (Fsp3) is 0.154. The number of H-pyrrole nitrogens is 1. The predicted octanol–water partition coefficient (Wildman–Crippen LogP) is 1.20. The molecule has 1 heterocycles. The third-order valence-corrected chi connectivity index (χ3v) is 2.59. The molecule has 7 nitrogen and oxygen atoms in total. The first-order valence-electron chi connectivity index (χ1n) is 5.72. The molecule has 20 heavy (non-hydrogen) atoms. The van der Waals surface area contributed by atoms with E-state index >= 15 is 0 Å². The lowest BCUT2D eigenvalue weighted by atomic mass is 10.2. The third-order valence-electron chi connectivity index (χ3n) is 2.59. The zero-order chi connectivity index (χ0) is 14.5. The second-order valence-electron chi connectivity index (χ2n) is 3.80. The van der Waals surface area contributed by atoms with Gasteiger partial charge in [-0.25, -0.2) is 14.6 Å². The van der Waals surface area contributed by atoms with Crippen molar-refractivity contribution in [2.45, 2.75) is 0 Å². The predicted molar refractivity (Wildman–Crippen MR) is 71.8 cm³/mol. The van der Waals surface area contributed by atoms with Crippen molar-refractivity contribution >= 4 is 28.7 Å². The Hall–Kier alpha value is -2.83. The number of aromatic amines is 1. The summed E-state index contributed by atoms with van der Waals surface area (Å²) in [6.45, 7) is 0. The first-order valence-corrected chi connectivity index (χ1v) is 5.72. The molecular formula is C13H13N3O4. The molecule has 0 amide bonds. The summed E-state index contributed by atoms with van der Waals surface area (Å²) in [5, 5.41) is 2.83. The molecule has 1 aromatic heterocycles. The van der Waals surface area contributed by atoms with E-state index in [9.17, 15) is 9.59 Å². The van der Waals surface area contributed by atoms with E-state index in [1.165, 1.54) is 20.5 Å². The number of hydrogen-bond donors (Lipinski definition) is 2. The van der Waals surface area contributed by atoms with Crippen molar-refractivity contribution in [1.29, 1.82) is 0 Å². The van der Waals surface area contributed by atoms with Crippen LogP contribution < -0.4 is 5.32 Å². The maximum Gasteiger partial charge on any atom is 0.354 e. The summed E-state index contributed by atoms with van der Waals surface area (Å²) in [5.41, 5.74) is 1.99. The van der Waals surface area contributed by atoms with Gasteiger partial charge in [-0.05, 0) is 12.1 Å². The molecule has 2 N–H and O–H groups in total. The van der Waals surface area contributed by atoms with Crippen molar-refractivity contribution < 1.29 is 19.1 Å². The summed E-state index contributed by atoms with van der Waals surface area (Å²) >= 11 is 0. The minimum atomic E-state index is -0.678. The molecule has 1 aromatic carbocycles. The Morgan fingerprint density at radius 2 is 2.10 bits per heavy atom. The van der Waals surface area contributed by atoms with Crippen LogP contribution in [0.2, 0.25) is 0 Å². The van der Waals surface area contributed by atoms with Gasteiger partial charge in [-0.2, -0.15) is 0 Å². The Balaban J connectivity index is 2.37. The Bertz CT molecular complexity index is 675. The second-order valence-corrected chi connectivity index (χ2v) is 3.80. The van der Waals surface area contributed by atoms with Gasteiger partial charge in [0.25, 0.3) is 0 Å². The number of nitrogens with zero attached hydrogens (tertiary/aromatic N) is 1. The van der Waals surface area contributed by atoms with Crippen LogP contribution in [0.5, 0.6) is 0 Å². The molecule has 0 aliphatic carbocycles. The summed E-state index contributed by atoms with van der Waals surface area (Å²) in [6, 6.07) is 5.36. The lowest BCUT2D eigenvalue weighted by Crippen LogP contribution is -2.15. The Morgan fingerprint density at radius 1 is 1.30 bits per heavy atom. The molecule has 0 fully saturated rings. The number of para-hydroxylation sites is 1. The van der Waals surface area contributed by atoms with E-state index in [1.807, 2.05) is 6.07 Å². The highest BCUT2D eigenvalue weighted by atomic mass is 16.5. The van der Waals surface area contributed by atoms with Crippen LogP contribution >= 0.6 is 0 Å². The van der Waals surface area contributed by atoms with E-state index in [0.717, 1.165) is 11.6 Å². The summed E-state index contributed by atoms with van der Waals surface area (Å²) in [6.07, 6.45) is 2.56. The van der Waals surface area contributed by atoms with E-state index in [4.69, 9.17) is 0 Å². The number of nitrogens with one attached hydrogen (secondary N) is 2. The fourth-order valence-corrected chi connectivity index (χ4v) is 1.64.